The van der Waals surface area contributed by atoms with E-state index in [1.165, 1.54) is 19.2 Å². The van der Waals surface area contributed by atoms with Crippen LogP contribution in [0.4, 0.5) is 10.1 Å². The number of ether oxygens (including phenoxy) is 1. The van der Waals surface area contributed by atoms with E-state index in [1.807, 2.05) is 0 Å². The Kier molecular flexibility index (Phi) is 5.29. The first-order chi connectivity index (χ1) is 8.97. The van der Waals surface area contributed by atoms with E-state index >= 15 is 0 Å². The van der Waals surface area contributed by atoms with Gasteiger partial charge in [-0.1, -0.05) is 13.0 Å². The van der Waals surface area contributed by atoms with E-state index in [1.54, 1.807) is 13.0 Å². The van der Waals surface area contributed by atoms with Gasteiger partial charge >= 0.3 is 5.97 Å². The predicted octanol–water partition coefficient (Wildman–Crippen LogP) is 1.02. The van der Waals surface area contributed by atoms with E-state index in [0.717, 1.165) is 0 Å². The first-order valence-electron chi connectivity index (χ1n) is 5.89. The maximum absolute atomic E-state index is 13.3. The highest BCUT2D eigenvalue weighted by molar-refractivity contribution is 5.84. The number of hydrogen-bond donors (Lipinski definition) is 2. The number of carbonyl (C=O) groups excluding carboxylic acids is 2. The maximum atomic E-state index is 13.3. The number of hydrogen-bond acceptors (Lipinski definition) is 4. The molecule has 0 spiro atoms. The quantitative estimate of drug-likeness (QED) is 0.617. The van der Waals surface area contributed by atoms with Crippen molar-refractivity contribution >= 4 is 17.6 Å². The van der Waals surface area contributed by atoms with Crippen molar-refractivity contribution in [3.05, 3.63) is 29.6 Å². The number of nitrogens with one attached hydrogen (secondary N) is 1. The molecule has 0 saturated carbocycles. The molecule has 6 heteroatoms. The molecule has 1 aromatic rings. The van der Waals surface area contributed by atoms with Gasteiger partial charge in [-0.05, 0) is 17.7 Å². The molecule has 0 aliphatic carbocycles. The molecule has 19 heavy (non-hydrogen) atoms. The molecule has 0 fully saturated rings. The molecule has 0 aromatic heterocycles. The second kappa shape index (κ2) is 6.72. The molecular weight excluding hydrogens is 251 g/mol. The summed E-state index contributed by atoms with van der Waals surface area (Å²) < 4.78 is 17.9. The fourth-order valence-electron chi connectivity index (χ4n) is 1.57. The Hall–Kier alpha value is -2.11. The van der Waals surface area contributed by atoms with E-state index in [-0.39, 0.29) is 24.4 Å². The molecule has 0 bridgehead atoms. The van der Waals surface area contributed by atoms with Gasteiger partial charge in [-0.25, -0.2) is 9.18 Å². The number of anilines is 1. The Labute approximate surface area is 110 Å². The molecule has 1 amide bonds. The highest BCUT2D eigenvalue weighted by Gasteiger charge is 2.21. The summed E-state index contributed by atoms with van der Waals surface area (Å²) in [5.41, 5.74) is 5.96. The molecule has 3 N–H and O–H groups in total. The summed E-state index contributed by atoms with van der Waals surface area (Å²) in [6.07, 6.45) is 0.402. The van der Waals surface area contributed by atoms with Crippen LogP contribution in [0.5, 0.6) is 0 Å². The van der Waals surface area contributed by atoms with Gasteiger partial charge in [-0.15, -0.1) is 0 Å². The summed E-state index contributed by atoms with van der Waals surface area (Å²) in [5.74, 6) is -1.40. The van der Waals surface area contributed by atoms with E-state index in [2.05, 4.69) is 10.1 Å². The zero-order valence-corrected chi connectivity index (χ0v) is 10.9. The number of rotatable bonds is 5. The van der Waals surface area contributed by atoms with Crippen LogP contribution in [0.1, 0.15) is 18.9 Å². The smallest absolute Gasteiger partial charge is 0.328 e. The summed E-state index contributed by atoms with van der Waals surface area (Å²) in [7, 11) is 1.23. The molecule has 1 aromatic carbocycles. The van der Waals surface area contributed by atoms with Gasteiger partial charge in [0, 0.05) is 12.8 Å². The van der Waals surface area contributed by atoms with Gasteiger partial charge in [0.1, 0.15) is 11.9 Å². The van der Waals surface area contributed by atoms with Gasteiger partial charge in [0.25, 0.3) is 0 Å². The largest absolute Gasteiger partial charge is 0.467 e. The summed E-state index contributed by atoms with van der Waals surface area (Å²) in [6, 6.07) is 3.43. The van der Waals surface area contributed by atoms with Crippen molar-refractivity contribution in [2.24, 2.45) is 0 Å². The van der Waals surface area contributed by atoms with Gasteiger partial charge < -0.3 is 15.8 Å². The predicted molar refractivity (Wildman–Crippen MR) is 68.8 cm³/mol. The zero-order chi connectivity index (χ0) is 14.4. The van der Waals surface area contributed by atoms with Crippen LogP contribution < -0.4 is 11.1 Å². The average Bonchev–Trinajstić information content (AvgIpc) is 2.41. The molecular formula is C13H17FN2O3. The highest BCUT2D eigenvalue weighted by Crippen LogP contribution is 2.13. The van der Waals surface area contributed by atoms with Crippen molar-refractivity contribution in [2.45, 2.75) is 25.8 Å². The van der Waals surface area contributed by atoms with Crippen LogP contribution in [0.25, 0.3) is 0 Å². The minimum atomic E-state index is -0.833. The second-order valence-electron chi connectivity index (χ2n) is 4.06. The minimum absolute atomic E-state index is 0.0379. The average molecular weight is 268 g/mol. The summed E-state index contributed by atoms with van der Waals surface area (Å²) in [6.45, 7) is 1.67. The number of amides is 1. The minimum Gasteiger partial charge on any atom is -0.467 e. The maximum Gasteiger partial charge on any atom is 0.328 e. The van der Waals surface area contributed by atoms with Crippen molar-refractivity contribution in [3.63, 3.8) is 0 Å². The Bertz CT molecular complexity index is 477. The number of esters is 1. The summed E-state index contributed by atoms with van der Waals surface area (Å²) in [4.78, 5) is 22.9. The number of carbonyl (C=O) groups is 2. The van der Waals surface area contributed by atoms with Crippen molar-refractivity contribution < 1.29 is 18.7 Å². The fraction of sp³-hybridized carbons (Fsp3) is 0.385. The van der Waals surface area contributed by atoms with Crippen LogP contribution in [-0.4, -0.2) is 25.0 Å². The summed E-state index contributed by atoms with van der Waals surface area (Å²) in [5, 5.41) is 2.53. The normalized spacial score (nSPS) is 11.7. The van der Waals surface area contributed by atoms with E-state index in [0.29, 0.717) is 5.56 Å². The molecule has 0 aliphatic rings. The third kappa shape index (κ3) is 4.24. The Morgan fingerprint density at radius 2 is 2.16 bits per heavy atom. The summed E-state index contributed by atoms with van der Waals surface area (Å²) >= 11 is 0. The second-order valence-corrected chi connectivity index (χ2v) is 4.06. The highest BCUT2D eigenvalue weighted by atomic mass is 19.1. The van der Waals surface area contributed by atoms with Crippen molar-refractivity contribution in [2.75, 3.05) is 12.8 Å². The van der Waals surface area contributed by atoms with Crippen molar-refractivity contribution in [1.29, 1.82) is 0 Å². The number of benzene rings is 1. The third-order valence-corrected chi connectivity index (χ3v) is 2.65. The van der Waals surface area contributed by atoms with Crippen LogP contribution in [0.15, 0.2) is 18.2 Å². The lowest BCUT2D eigenvalue weighted by molar-refractivity contribution is -0.145. The van der Waals surface area contributed by atoms with E-state index in [9.17, 15) is 14.0 Å². The first-order valence-corrected chi connectivity index (χ1v) is 5.89. The van der Waals surface area contributed by atoms with Crippen molar-refractivity contribution in [3.8, 4) is 0 Å². The van der Waals surface area contributed by atoms with Crippen LogP contribution in [0.2, 0.25) is 0 Å². The topological polar surface area (TPSA) is 81.4 Å². The first kappa shape index (κ1) is 14.9. The molecule has 0 heterocycles. The Balaban J connectivity index is 2.84. The van der Waals surface area contributed by atoms with Gasteiger partial charge in [-0.3, -0.25) is 4.79 Å². The van der Waals surface area contributed by atoms with Gasteiger partial charge in [-0.2, -0.15) is 0 Å². The van der Waals surface area contributed by atoms with Gasteiger partial charge in [0.15, 0.2) is 0 Å². The molecule has 0 saturated heterocycles. The van der Waals surface area contributed by atoms with Crippen LogP contribution >= 0.6 is 0 Å². The standard InChI is InChI=1S/C13H17FN2O3/c1-3-12(17)16-11(13(18)19-2)7-8-4-5-10(15)9(14)6-8/h4-6,11H,3,7,15H2,1-2H3,(H,16,17)/t11-/m1/s1. The lowest BCUT2D eigenvalue weighted by Crippen LogP contribution is -2.42. The molecule has 5 nitrogen and oxygen atoms in total. The van der Waals surface area contributed by atoms with E-state index < -0.39 is 17.8 Å². The molecule has 1 atom stereocenters. The number of methoxy groups -OCH3 is 1. The molecule has 0 aliphatic heterocycles. The molecule has 1 rings (SSSR count). The Morgan fingerprint density at radius 1 is 1.47 bits per heavy atom. The van der Waals surface area contributed by atoms with Crippen LogP contribution in [0.3, 0.4) is 0 Å². The lowest BCUT2D eigenvalue weighted by atomic mass is 10.0. The molecule has 0 radical (unpaired) electrons. The number of halogens is 1. The lowest BCUT2D eigenvalue weighted by Gasteiger charge is -2.16. The van der Waals surface area contributed by atoms with Crippen LogP contribution in [-0.2, 0) is 20.7 Å². The SMILES string of the molecule is CCC(=O)N[C@H](Cc1ccc(N)c(F)c1)C(=O)OC. The van der Waals surface area contributed by atoms with Gasteiger partial charge in [0.2, 0.25) is 5.91 Å². The van der Waals surface area contributed by atoms with E-state index in [4.69, 9.17) is 5.73 Å². The van der Waals surface area contributed by atoms with Crippen molar-refractivity contribution in [1.82, 2.24) is 5.32 Å². The fourth-order valence-corrected chi connectivity index (χ4v) is 1.57. The van der Waals surface area contributed by atoms with Gasteiger partial charge in [0.05, 0.1) is 12.8 Å². The third-order valence-electron chi connectivity index (χ3n) is 2.65. The Morgan fingerprint density at radius 3 is 2.68 bits per heavy atom. The number of nitrogens with two attached hydrogens (primary N) is 1. The molecule has 0 unspecified atom stereocenters. The number of nitrogen functional groups attached to an aromatic ring is 1. The van der Waals surface area contributed by atoms with Crippen LogP contribution in [0, 0.1) is 5.82 Å². The molecule has 104 valence electrons. The monoisotopic (exact) mass is 268 g/mol. The zero-order valence-electron chi connectivity index (χ0n) is 10.9.